The van der Waals surface area contributed by atoms with Gasteiger partial charge in [-0.25, -0.2) is 4.39 Å². The van der Waals surface area contributed by atoms with Crippen molar-refractivity contribution in [1.82, 2.24) is 10.6 Å². The highest BCUT2D eigenvalue weighted by molar-refractivity contribution is 6.03. The van der Waals surface area contributed by atoms with E-state index in [4.69, 9.17) is 5.73 Å². The van der Waals surface area contributed by atoms with E-state index in [1.54, 1.807) is 0 Å². The molecular weight excluding hydrogens is 253 g/mol. The topological polar surface area (TPSA) is 101 Å². The number of imide groups is 1. The number of carbonyl (C=O) groups is 3. The van der Waals surface area contributed by atoms with Crippen LogP contribution in [0.3, 0.4) is 0 Å². The molecule has 6 nitrogen and oxygen atoms in total. The largest absolute Gasteiger partial charge is 0.399 e. The first-order chi connectivity index (χ1) is 8.97. The molecule has 0 unspecified atom stereocenters. The predicted octanol–water partition coefficient (Wildman–Crippen LogP) is -0.0571. The van der Waals surface area contributed by atoms with E-state index < -0.39 is 23.7 Å². The molecule has 0 spiro atoms. The minimum absolute atomic E-state index is 0.140. The number of carbonyl (C=O) groups excluding carboxylic acids is 3. The van der Waals surface area contributed by atoms with Gasteiger partial charge < -0.3 is 11.1 Å². The Hall–Kier alpha value is -2.44. The van der Waals surface area contributed by atoms with E-state index in [2.05, 4.69) is 10.6 Å². The number of anilines is 1. The smallest absolute Gasteiger partial charge is 0.254 e. The van der Waals surface area contributed by atoms with Crippen molar-refractivity contribution in [3.05, 3.63) is 29.6 Å². The zero-order valence-corrected chi connectivity index (χ0v) is 9.90. The van der Waals surface area contributed by atoms with Gasteiger partial charge in [0.25, 0.3) is 5.91 Å². The molecule has 0 aliphatic carbocycles. The number of benzene rings is 1. The zero-order valence-electron chi connectivity index (χ0n) is 9.90. The van der Waals surface area contributed by atoms with Gasteiger partial charge in [0, 0.05) is 12.1 Å². The van der Waals surface area contributed by atoms with Gasteiger partial charge in [-0.3, -0.25) is 19.7 Å². The maximum atomic E-state index is 13.5. The zero-order chi connectivity index (χ0) is 14.0. The molecule has 3 amide bonds. The Morgan fingerprint density at radius 3 is 2.79 bits per heavy atom. The molecule has 1 aromatic carbocycles. The van der Waals surface area contributed by atoms with Gasteiger partial charge in [0.15, 0.2) is 0 Å². The number of nitrogens with two attached hydrogens (primary N) is 1. The van der Waals surface area contributed by atoms with Crippen molar-refractivity contribution in [1.29, 1.82) is 0 Å². The van der Waals surface area contributed by atoms with E-state index in [-0.39, 0.29) is 30.0 Å². The molecule has 100 valence electrons. The van der Waals surface area contributed by atoms with Crippen LogP contribution in [0, 0.1) is 5.82 Å². The summed E-state index contributed by atoms with van der Waals surface area (Å²) in [4.78, 5) is 34.2. The van der Waals surface area contributed by atoms with Crippen molar-refractivity contribution < 1.29 is 18.8 Å². The maximum Gasteiger partial charge on any atom is 0.254 e. The van der Waals surface area contributed by atoms with Crippen LogP contribution in [-0.2, 0) is 9.59 Å². The van der Waals surface area contributed by atoms with Gasteiger partial charge in [-0.05, 0) is 24.6 Å². The number of nitrogen functional groups attached to an aromatic ring is 1. The van der Waals surface area contributed by atoms with Crippen LogP contribution in [0.15, 0.2) is 18.2 Å². The van der Waals surface area contributed by atoms with E-state index >= 15 is 0 Å². The van der Waals surface area contributed by atoms with E-state index in [1.807, 2.05) is 0 Å². The Balaban J connectivity index is 2.09. The SMILES string of the molecule is Nc1ccc(C(=O)N[C@@H]2CCC(=O)NC2=O)c(F)c1. The molecule has 1 fully saturated rings. The predicted molar refractivity (Wildman–Crippen MR) is 64.5 cm³/mol. The lowest BCUT2D eigenvalue weighted by Gasteiger charge is -2.21. The normalized spacial score (nSPS) is 18.9. The second kappa shape index (κ2) is 5.05. The van der Waals surface area contributed by atoms with Gasteiger partial charge in [-0.2, -0.15) is 0 Å². The fourth-order valence-corrected chi connectivity index (χ4v) is 1.78. The molecule has 4 N–H and O–H groups in total. The van der Waals surface area contributed by atoms with E-state index in [0.717, 1.165) is 6.07 Å². The molecule has 0 aromatic heterocycles. The minimum atomic E-state index is -0.831. The highest BCUT2D eigenvalue weighted by Gasteiger charge is 2.28. The summed E-state index contributed by atoms with van der Waals surface area (Å²) < 4.78 is 13.5. The lowest BCUT2D eigenvalue weighted by atomic mass is 10.1. The number of rotatable bonds is 2. The van der Waals surface area contributed by atoms with E-state index in [9.17, 15) is 18.8 Å². The summed E-state index contributed by atoms with van der Waals surface area (Å²) in [7, 11) is 0. The second-order valence-corrected chi connectivity index (χ2v) is 4.22. The Morgan fingerprint density at radius 2 is 2.16 bits per heavy atom. The molecule has 1 atom stereocenters. The first-order valence-electron chi connectivity index (χ1n) is 5.67. The van der Waals surface area contributed by atoms with Crippen molar-refractivity contribution in [3.8, 4) is 0 Å². The number of piperidine rings is 1. The van der Waals surface area contributed by atoms with Gasteiger partial charge in [-0.1, -0.05) is 0 Å². The summed E-state index contributed by atoms with van der Waals surface area (Å²) in [6.07, 6.45) is 0.341. The fourth-order valence-electron chi connectivity index (χ4n) is 1.78. The van der Waals surface area contributed by atoms with Crippen molar-refractivity contribution in [2.45, 2.75) is 18.9 Å². The number of hydrogen-bond donors (Lipinski definition) is 3. The third-order valence-electron chi connectivity index (χ3n) is 2.78. The monoisotopic (exact) mass is 265 g/mol. The average Bonchev–Trinajstić information content (AvgIpc) is 2.32. The number of amides is 3. The highest BCUT2D eigenvalue weighted by atomic mass is 19.1. The molecule has 1 heterocycles. The minimum Gasteiger partial charge on any atom is -0.399 e. The standard InChI is InChI=1S/C12H12FN3O3/c13-8-5-6(14)1-2-7(8)11(18)15-9-3-4-10(17)16-12(9)19/h1-2,5,9H,3-4,14H2,(H,15,18)(H,16,17,19)/t9-/m1/s1. The summed E-state index contributed by atoms with van der Waals surface area (Å²) in [5.74, 6) is -2.44. The quantitative estimate of drug-likeness (QED) is 0.515. The molecule has 7 heteroatoms. The van der Waals surface area contributed by atoms with Crippen molar-refractivity contribution >= 4 is 23.4 Å². The van der Waals surface area contributed by atoms with Gasteiger partial charge in [-0.15, -0.1) is 0 Å². The molecule has 2 rings (SSSR count). The third kappa shape index (κ3) is 2.87. The Labute approximate surface area is 108 Å². The molecule has 1 saturated heterocycles. The lowest BCUT2D eigenvalue weighted by molar-refractivity contribution is -0.134. The second-order valence-electron chi connectivity index (χ2n) is 4.22. The molecule has 0 saturated carbocycles. The summed E-state index contributed by atoms with van der Waals surface area (Å²) in [6, 6.07) is 2.83. The number of hydrogen-bond acceptors (Lipinski definition) is 4. The van der Waals surface area contributed by atoms with Gasteiger partial charge in [0.2, 0.25) is 11.8 Å². The van der Waals surface area contributed by atoms with Crippen molar-refractivity contribution in [2.24, 2.45) is 0 Å². The Bertz CT molecular complexity index is 559. The van der Waals surface area contributed by atoms with Crippen LogP contribution in [0.4, 0.5) is 10.1 Å². The van der Waals surface area contributed by atoms with Crippen LogP contribution in [-0.4, -0.2) is 23.8 Å². The van der Waals surface area contributed by atoms with Gasteiger partial charge in [0.1, 0.15) is 11.9 Å². The Morgan fingerprint density at radius 1 is 1.42 bits per heavy atom. The molecule has 1 aromatic rings. The fraction of sp³-hybridized carbons (Fsp3) is 0.250. The van der Waals surface area contributed by atoms with Crippen LogP contribution >= 0.6 is 0 Å². The van der Waals surface area contributed by atoms with E-state index in [1.165, 1.54) is 12.1 Å². The van der Waals surface area contributed by atoms with Crippen molar-refractivity contribution in [2.75, 3.05) is 5.73 Å². The molecule has 0 radical (unpaired) electrons. The number of nitrogens with one attached hydrogen (secondary N) is 2. The Kier molecular flexibility index (Phi) is 3.46. The van der Waals surface area contributed by atoms with Crippen molar-refractivity contribution in [3.63, 3.8) is 0 Å². The summed E-state index contributed by atoms with van der Waals surface area (Å²) in [5.41, 5.74) is 5.38. The van der Waals surface area contributed by atoms with Crippen LogP contribution in [0.5, 0.6) is 0 Å². The van der Waals surface area contributed by atoms with Crippen LogP contribution in [0.2, 0.25) is 0 Å². The molecule has 1 aliphatic heterocycles. The van der Waals surface area contributed by atoms with Crippen LogP contribution in [0.25, 0.3) is 0 Å². The third-order valence-corrected chi connectivity index (χ3v) is 2.78. The average molecular weight is 265 g/mol. The van der Waals surface area contributed by atoms with Gasteiger partial charge >= 0.3 is 0 Å². The lowest BCUT2D eigenvalue weighted by Crippen LogP contribution is -2.52. The van der Waals surface area contributed by atoms with E-state index in [0.29, 0.717) is 0 Å². The summed E-state index contributed by atoms with van der Waals surface area (Å²) in [5, 5.41) is 4.49. The molecular formula is C12H12FN3O3. The summed E-state index contributed by atoms with van der Waals surface area (Å²) in [6.45, 7) is 0. The van der Waals surface area contributed by atoms with Gasteiger partial charge in [0.05, 0.1) is 5.56 Å². The number of halogens is 1. The molecule has 0 bridgehead atoms. The first kappa shape index (κ1) is 13.0. The molecule has 1 aliphatic rings. The molecule has 19 heavy (non-hydrogen) atoms. The highest BCUT2D eigenvalue weighted by Crippen LogP contribution is 2.13. The summed E-state index contributed by atoms with van der Waals surface area (Å²) >= 11 is 0. The maximum absolute atomic E-state index is 13.5. The first-order valence-corrected chi connectivity index (χ1v) is 5.67. The van der Waals surface area contributed by atoms with Crippen LogP contribution in [0.1, 0.15) is 23.2 Å². The van der Waals surface area contributed by atoms with Crippen LogP contribution < -0.4 is 16.4 Å².